The van der Waals surface area contributed by atoms with Gasteiger partial charge in [0.2, 0.25) is 0 Å². The highest BCUT2D eigenvalue weighted by molar-refractivity contribution is 5.41. The van der Waals surface area contributed by atoms with E-state index in [1.54, 1.807) is 30.3 Å². The van der Waals surface area contributed by atoms with Crippen LogP contribution >= 0.6 is 0 Å². The zero-order valence-corrected chi connectivity index (χ0v) is 9.61. The molecule has 0 saturated carbocycles. The molecule has 3 heteroatoms. The molecule has 0 saturated heterocycles. The molecule has 0 heterocycles. The Morgan fingerprint density at radius 1 is 1.12 bits per heavy atom. The highest BCUT2D eigenvalue weighted by Crippen LogP contribution is 2.17. The fourth-order valence-electron chi connectivity index (χ4n) is 1.52. The van der Waals surface area contributed by atoms with Crippen LogP contribution in [0.1, 0.15) is 11.1 Å². The Balaban J connectivity index is 2.07. The van der Waals surface area contributed by atoms with E-state index in [0.29, 0.717) is 12.3 Å². The molecule has 2 aromatic carbocycles. The predicted octanol–water partition coefficient (Wildman–Crippen LogP) is 3.30. The molecule has 0 aliphatic carbocycles. The van der Waals surface area contributed by atoms with Crippen molar-refractivity contribution in [3.63, 3.8) is 0 Å². The molecule has 2 aromatic rings. The number of benzene rings is 2. The number of hydrogen-bond donors (Lipinski definition) is 1. The summed E-state index contributed by atoms with van der Waals surface area (Å²) < 4.78 is 18.6. The van der Waals surface area contributed by atoms with E-state index < -0.39 is 0 Å². The molecule has 2 rings (SSSR count). The molecular formula is C14H14FNO. The lowest BCUT2D eigenvalue weighted by atomic mass is 10.1. The Morgan fingerprint density at radius 2 is 1.82 bits per heavy atom. The normalized spacial score (nSPS) is 10.2. The second-order valence-corrected chi connectivity index (χ2v) is 3.93. The van der Waals surface area contributed by atoms with Crippen LogP contribution in [0.25, 0.3) is 0 Å². The summed E-state index contributed by atoms with van der Waals surface area (Å²) in [6, 6.07) is 11.8. The van der Waals surface area contributed by atoms with Crippen molar-refractivity contribution in [2.45, 2.75) is 13.5 Å². The van der Waals surface area contributed by atoms with Crippen molar-refractivity contribution in [2.75, 3.05) is 5.73 Å². The van der Waals surface area contributed by atoms with Gasteiger partial charge in [-0.1, -0.05) is 6.07 Å². The quantitative estimate of drug-likeness (QED) is 0.822. The summed E-state index contributed by atoms with van der Waals surface area (Å²) >= 11 is 0. The maximum atomic E-state index is 13.1. The molecule has 0 spiro atoms. The minimum atomic E-state index is -0.244. The van der Waals surface area contributed by atoms with Crippen LogP contribution in [0.3, 0.4) is 0 Å². The fraction of sp³-hybridized carbons (Fsp3) is 0.143. The van der Waals surface area contributed by atoms with Crippen LogP contribution in [0.15, 0.2) is 42.5 Å². The van der Waals surface area contributed by atoms with Gasteiger partial charge in [-0.2, -0.15) is 0 Å². The Morgan fingerprint density at radius 3 is 2.53 bits per heavy atom. The average molecular weight is 231 g/mol. The molecule has 0 bridgehead atoms. The third-order valence-corrected chi connectivity index (χ3v) is 2.59. The number of nitrogens with two attached hydrogens (primary N) is 1. The number of anilines is 1. The lowest BCUT2D eigenvalue weighted by Crippen LogP contribution is -1.98. The predicted molar refractivity (Wildman–Crippen MR) is 66.3 cm³/mol. The van der Waals surface area contributed by atoms with Gasteiger partial charge in [-0.15, -0.1) is 0 Å². The third-order valence-electron chi connectivity index (χ3n) is 2.59. The largest absolute Gasteiger partial charge is 0.489 e. The molecule has 0 radical (unpaired) electrons. The van der Waals surface area contributed by atoms with Crippen molar-refractivity contribution in [1.82, 2.24) is 0 Å². The van der Waals surface area contributed by atoms with Gasteiger partial charge < -0.3 is 10.5 Å². The van der Waals surface area contributed by atoms with Gasteiger partial charge >= 0.3 is 0 Å². The molecule has 0 aliphatic heterocycles. The molecule has 0 unspecified atom stereocenters. The number of rotatable bonds is 3. The maximum absolute atomic E-state index is 13.1. The lowest BCUT2D eigenvalue weighted by Gasteiger charge is -2.09. The minimum Gasteiger partial charge on any atom is -0.489 e. The van der Waals surface area contributed by atoms with Gasteiger partial charge in [-0.25, -0.2) is 4.39 Å². The van der Waals surface area contributed by atoms with E-state index in [0.717, 1.165) is 16.9 Å². The maximum Gasteiger partial charge on any atom is 0.123 e. The second kappa shape index (κ2) is 4.87. The summed E-state index contributed by atoms with van der Waals surface area (Å²) in [4.78, 5) is 0. The molecule has 0 fully saturated rings. The van der Waals surface area contributed by atoms with Gasteiger partial charge in [0, 0.05) is 5.69 Å². The van der Waals surface area contributed by atoms with Gasteiger partial charge in [0.15, 0.2) is 0 Å². The number of ether oxygens (including phenoxy) is 1. The Kier molecular flexibility index (Phi) is 3.28. The van der Waals surface area contributed by atoms with Crippen molar-refractivity contribution in [2.24, 2.45) is 0 Å². The Hall–Kier alpha value is -2.03. The SMILES string of the molecule is Cc1ccc(F)cc1COc1ccc(N)cc1. The van der Waals surface area contributed by atoms with E-state index >= 15 is 0 Å². The average Bonchev–Trinajstić information content (AvgIpc) is 2.32. The highest BCUT2D eigenvalue weighted by Gasteiger charge is 2.01. The van der Waals surface area contributed by atoms with Crippen LogP contribution in [-0.4, -0.2) is 0 Å². The zero-order chi connectivity index (χ0) is 12.3. The van der Waals surface area contributed by atoms with Crippen molar-refractivity contribution in [3.05, 3.63) is 59.4 Å². The molecule has 0 atom stereocenters. The van der Waals surface area contributed by atoms with Crippen LogP contribution in [0.4, 0.5) is 10.1 Å². The number of nitrogen functional groups attached to an aromatic ring is 1. The molecule has 0 aliphatic rings. The second-order valence-electron chi connectivity index (χ2n) is 3.93. The fourth-order valence-corrected chi connectivity index (χ4v) is 1.52. The van der Waals surface area contributed by atoms with Crippen molar-refractivity contribution in [1.29, 1.82) is 0 Å². The number of hydrogen-bond acceptors (Lipinski definition) is 2. The first-order valence-electron chi connectivity index (χ1n) is 5.38. The van der Waals surface area contributed by atoms with E-state index in [9.17, 15) is 4.39 Å². The summed E-state index contributed by atoms with van der Waals surface area (Å²) in [6.07, 6.45) is 0. The van der Waals surface area contributed by atoms with Gasteiger partial charge in [0.05, 0.1) is 0 Å². The summed E-state index contributed by atoms with van der Waals surface area (Å²) in [5.41, 5.74) is 8.13. The van der Waals surface area contributed by atoms with Gasteiger partial charge in [0.25, 0.3) is 0 Å². The molecule has 0 amide bonds. The smallest absolute Gasteiger partial charge is 0.123 e. The molecule has 0 aromatic heterocycles. The molecule has 2 nitrogen and oxygen atoms in total. The summed E-state index contributed by atoms with van der Waals surface area (Å²) in [6.45, 7) is 2.29. The Labute approximate surface area is 99.8 Å². The van der Waals surface area contributed by atoms with Crippen LogP contribution in [0, 0.1) is 12.7 Å². The van der Waals surface area contributed by atoms with E-state index in [-0.39, 0.29) is 5.82 Å². The lowest BCUT2D eigenvalue weighted by molar-refractivity contribution is 0.305. The van der Waals surface area contributed by atoms with Gasteiger partial charge in [0.1, 0.15) is 18.2 Å². The summed E-state index contributed by atoms with van der Waals surface area (Å²) in [5.74, 6) is 0.481. The molecular weight excluding hydrogens is 217 g/mol. The van der Waals surface area contributed by atoms with E-state index in [4.69, 9.17) is 10.5 Å². The highest BCUT2D eigenvalue weighted by atomic mass is 19.1. The van der Waals surface area contributed by atoms with Crippen LogP contribution in [-0.2, 0) is 6.61 Å². The Bertz CT molecular complexity index is 508. The van der Waals surface area contributed by atoms with Crippen molar-refractivity contribution >= 4 is 5.69 Å². The van der Waals surface area contributed by atoms with Crippen LogP contribution in [0.2, 0.25) is 0 Å². The number of halogens is 1. The zero-order valence-electron chi connectivity index (χ0n) is 9.61. The van der Waals surface area contributed by atoms with Gasteiger partial charge in [-0.3, -0.25) is 0 Å². The van der Waals surface area contributed by atoms with Crippen molar-refractivity contribution < 1.29 is 9.13 Å². The first-order chi connectivity index (χ1) is 8.15. The monoisotopic (exact) mass is 231 g/mol. The molecule has 2 N–H and O–H groups in total. The van der Waals surface area contributed by atoms with Crippen LogP contribution in [0.5, 0.6) is 5.75 Å². The van der Waals surface area contributed by atoms with E-state index in [1.165, 1.54) is 12.1 Å². The third kappa shape index (κ3) is 2.97. The molecule has 17 heavy (non-hydrogen) atoms. The number of aryl methyl sites for hydroxylation is 1. The molecule has 88 valence electrons. The minimum absolute atomic E-state index is 0.244. The van der Waals surface area contributed by atoms with E-state index in [2.05, 4.69) is 0 Å². The van der Waals surface area contributed by atoms with Crippen molar-refractivity contribution in [3.8, 4) is 5.75 Å². The van der Waals surface area contributed by atoms with Gasteiger partial charge in [-0.05, 0) is 54.4 Å². The summed E-state index contributed by atoms with van der Waals surface area (Å²) in [7, 11) is 0. The van der Waals surface area contributed by atoms with Crippen LogP contribution < -0.4 is 10.5 Å². The summed E-state index contributed by atoms with van der Waals surface area (Å²) in [5, 5.41) is 0. The van der Waals surface area contributed by atoms with E-state index in [1.807, 2.05) is 6.92 Å². The first kappa shape index (κ1) is 11.5. The standard InChI is InChI=1S/C14H14FNO/c1-10-2-3-12(15)8-11(10)9-17-14-6-4-13(16)5-7-14/h2-8H,9,16H2,1H3. The topological polar surface area (TPSA) is 35.2 Å². The first-order valence-corrected chi connectivity index (χ1v) is 5.38.